The fourth-order valence-electron chi connectivity index (χ4n) is 2.52. The zero-order chi connectivity index (χ0) is 24.8. The number of hydrogen-bond donors (Lipinski definition) is 3. The molecule has 0 radical (unpaired) electrons. The molecule has 0 atom stereocenters. The van der Waals surface area contributed by atoms with Crippen molar-refractivity contribution in [3.63, 3.8) is 0 Å². The van der Waals surface area contributed by atoms with Gasteiger partial charge in [-0.25, -0.2) is 18.2 Å². The van der Waals surface area contributed by atoms with E-state index in [0.29, 0.717) is 11.3 Å². The van der Waals surface area contributed by atoms with E-state index in [-0.39, 0.29) is 35.4 Å². The van der Waals surface area contributed by atoms with Gasteiger partial charge in [-0.3, -0.25) is 15.8 Å². The summed E-state index contributed by atoms with van der Waals surface area (Å²) in [5.41, 5.74) is 0.531. The number of carbonyl (C=O) groups excluding carboxylic acids is 1. The van der Waals surface area contributed by atoms with Gasteiger partial charge in [-0.2, -0.15) is 0 Å². The maximum Gasteiger partial charge on any atom is 0.407 e. The molecule has 1 aromatic heterocycles. The third kappa shape index (κ3) is 7.63. The van der Waals surface area contributed by atoms with Crippen molar-refractivity contribution >= 4 is 27.7 Å². The second kappa shape index (κ2) is 10.5. The molecule has 1 heterocycles. The number of sulfone groups is 1. The monoisotopic (exact) mass is 475 g/mol. The van der Waals surface area contributed by atoms with Gasteiger partial charge in [0.1, 0.15) is 11.3 Å². The van der Waals surface area contributed by atoms with Crippen LogP contribution in [-0.4, -0.2) is 53.7 Å². The lowest BCUT2D eigenvalue weighted by molar-refractivity contribution is 0.0529. The number of alkyl carbamates (subject to hydrolysis) is 1. The van der Waals surface area contributed by atoms with Crippen molar-refractivity contribution in [1.82, 2.24) is 15.3 Å². The number of carbonyl (C=O) groups is 1. The highest BCUT2D eigenvalue weighted by atomic mass is 32.2. The van der Waals surface area contributed by atoms with E-state index in [1.165, 1.54) is 24.5 Å². The molecule has 0 saturated heterocycles. The Morgan fingerprint density at radius 2 is 1.76 bits per heavy atom. The first-order valence-electron chi connectivity index (χ1n) is 10.3. The largest absolute Gasteiger partial charge is 0.444 e. The Labute approximate surface area is 193 Å². The van der Waals surface area contributed by atoms with Crippen LogP contribution in [0.15, 0.2) is 41.6 Å². The number of nitrogens with zero attached hydrogens (tertiary/aromatic N) is 2. The van der Waals surface area contributed by atoms with Gasteiger partial charge in [0.05, 0.1) is 28.2 Å². The number of hydrogen-bond acceptors (Lipinski definition) is 9. The summed E-state index contributed by atoms with van der Waals surface area (Å²) in [5.74, 6) is -0.600. The SMILES string of the molecule is CC(C)S(=O)(=O)c1ccc(-c2cncc(C(=N)OC(=N)CCNC(=O)OC(C)(C)C)n2)cc1. The Bertz CT molecular complexity index is 1120. The molecule has 2 aromatic rings. The van der Waals surface area contributed by atoms with Crippen LogP contribution in [0.2, 0.25) is 0 Å². The smallest absolute Gasteiger partial charge is 0.407 e. The average Bonchev–Trinajstić information content (AvgIpc) is 2.72. The van der Waals surface area contributed by atoms with Gasteiger partial charge in [0.2, 0.25) is 5.90 Å². The first-order chi connectivity index (χ1) is 15.3. The summed E-state index contributed by atoms with van der Waals surface area (Å²) in [4.78, 5) is 20.2. The van der Waals surface area contributed by atoms with E-state index in [1.807, 2.05) is 0 Å². The number of amides is 1. The maximum atomic E-state index is 12.3. The zero-order valence-corrected chi connectivity index (χ0v) is 20.1. The van der Waals surface area contributed by atoms with Gasteiger partial charge >= 0.3 is 6.09 Å². The van der Waals surface area contributed by atoms with Crippen LogP contribution in [0.1, 0.15) is 46.7 Å². The molecule has 33 heavy (non-hydrogen) atoms. The Kier molecular flexibility index (Phi) is 8.26. The van der Waals surface area contributed by atoms with E-state index >= 15 is 0 Å². The number of ether oxygens (including phenoxy) is 2. The van der Waals surface area contributed by atoms with Crippen LogP contribution in [0.5, 0.6) is 0 Å². The van der Waals surface area contributed by atoms with Crippen molar-refractivity contribution in [3.05, 3.63) is 42.4 Å². The number of benzene rings is 1. The predicted octanol–water partition coefficient (Wildman–Crippen LogP) is 3.56. The molecule has 178 valence electrons. The maximum absolute atomic E-state index is 12.3. The molecule has 1 amide bonds. The molecular weight excluding hydrogens is 446 g/mol. The molecule has 0 saturated carbocycles. The van der Waals surface area contributed by atoms with Gasteiger partial charge < -0.3 is 14.8 Å². The normalized spacial score (nSPS) is 11.7. The van der Waals surface area contributed by atoms with Crippen LogP contribution in [-0.2, 0) is 19.3 Å². The Hall–Kier alpha value is -3.34. The average molecular weight is 476 g/mol. The molecule has 0 spiro atoms. The second-order valence-electron chi connectivity index (χ2n) is 8.44. The van der Waals surface area contributed by atoms with Crippen LogP contribution in [0.4, 0.5) is 4.79 Å². The summed E-state index contributed by atoms with van der Waals surface area (Å²) < 4.78 is 34.9. The lowest BCUT2D eigenvalue weighted by Crippen LogP contribution is -2.33. The second-order valence-corrected chi connectivity index (χ2v) is 10.9. The highest BCUT2D eigenvalue weighted by Gasteiger charge is 2.19. The summed E-state index contributed by atoms with van der Waals surface area (Å²) in [6.45, 7) is 8.59. The molecule has 3 N–H and O–H groups in total. The topological polar surface area (TPSA) is 155 Å². The van der Waals surface area contributed by atoms with E-state index < -0.39 is 26.8 Å². The van der Waals surface area contributed by atoms with Crippen molar-refractivity contribution < 1.29 is 22.7 Å². The number of nitrogens with one attached hydrogen (secondary N) is 3. The minimum atomic E-state index is -3.38. The third-order valence-corrected chi connectivity index (χ3v) is 6.38. The molecule has 10 nitrogen and oxygen atoms in total. The Balaban J connectivity index is 1.99. The van der Waals surface area contributed by atoms with Crippen molar-refractivity contribution in [2.45, 2.75) is 56.8 Å². The summed E-state index contributed by atoms with van der Waals surface area (Å²) >= 11 is 0. The van der Waals surface area contributed by atoms with Gasteiger partial charge in [-0.1, -0.05) is 12.1 Å². The minimum Gasteiger partial charge on any atom is -0.444 e. The van der Waals surface area contributed by atoms with Crippen LogP contribution in [0, 0.1) is 10.8 Å². The quantitative estimate of drug-likeness (QED) is 0.408. The molecule has 0 aliphatic heterocycles. The summed E-state index contributed by atoms with van der Waals surface area (Å²) in [6.07, 6.45) is 2.27. The molecule has 0 aliphatic rings. The van der Waals surface area contributed by atoms with Crippen molar-refractivity contribution in [2.24, 2.45) is 0 Å². The fourth-order valence-corrected chi connectivity index (χ4v) is 3.58. The van der Waals surface area contributed by atoms with E-state index in [9.17, 15) is 13.2 Å². The standard InChI is InChI=1S/C22H29N5O5S/c1-14(2)33(29,30)16-8-6-15(7-9-16)17-12-25-13-18(27-17)20(24)31-19(23)10-11-26-21(28)32-22(3,4)5/h6-9,12-14,23-24H,10-11H2,1-5H3,(H,26,28). The van der Waals surface area contributed by atoms with Gasteiger partial charge in [0.25, 0.3) is 0 Å². The number of rotatable bonds is 7. The van der Waals surface area contributed by atoms with Gasteiger partial charge in [0, 0.05) is 18.5 Å². The van der Waals surface area contributed by atoms with Crippen LogP contribution in [0.25, 0.3) is 11.3 Å². The Morgan fingerprint density at radius 3 is 2.33 bits per heavy atom. The van der Waals surface area contributed by atoms with Crippen LogP contribution in [0.3, 0.4) is 0 Å². The van der Waals surface area contributed by atoms with Crippen LogP contribution < -0.4 is 5.32 Å². The molecular formula is C22H29N5O5S. The Morgan fingerprint density at radius 1 is 1.12 bits per heavy atom. The molecule has 0 unspecified atom stereocenters. The van der Waals surface area contributed by atoms with Gasteiger partial charge in [0.15, 0.2) is 15.7 Å². The zero-order valence-electron chi connectivity index (χ0n) is 19.3. The molecule has 0 fully saturated rings. The summed E-state index contributed by atoms with van der Waals surface area (Å²) in [6, 6.07) is 6.26. The van der Waals surface area contributed by atoms with Crippen molar-refractivity contribution in [1.29, 1.82) is 10.8 Å². The minimum absolute atomic E-state index is 0.0561. The molecule has 11 heteroatoms. The van der Waals surface area contributed by atoms with Crippen molar-refractivity contribution in [2.75, 3.05) is 6.54 Å². The summed E-state index contributed by atoms with van der Waals surface area (Å²) in [7, 11) is -3.38. The summed E-state index contributed by atoms with van der Waals surface area (Å²) in [5, 5.41) is 17.9. The number of aromatic nitrogens is 2. The van der Waals surface area contributed by atoms with E-state index in [2.05, 4.69) is 15.3 Å². The first-order valence-corrected chi connectivity index (χ1v) is 11.8. The lowest BCUT2D eigenvalue weighted by Gasteiger charge is -2.19. The van der Waals surface area contributed by atoms with E-state index in [0.717, 1.165) is 0 Å². The molecule has 1 aromatic carbocycles. The van der Waals surface area contributed by atoms with Crippen molar-refractivity contribution in [3.8, 4) is 11.3 Å². The van der Waals surface area contributed by atoms with E-state index in [4.69, 9.17) is 20.3 Å². The predicted molar refractivity (Wildman–Crippen MR) is 124 cm³/mol. The molecule has 0 bridgehead atoms. The van der Waals surface area contributed by atoms with E-state index in [1.54, 1.807) is 46.8 Å². The van der Waals surface area contributed by atoms with Gasteiger partial charge in [-0.05, 0) is 46.8 Å². The third-order valence-electron chi connectivity index (χ3n) is 4.21. The highest BCUT2D eigenvalue weighted by molar-refractivity contribution is 7.92. The molecule has 2 rings (SSSR count). The van der Waals surface area contributed by atoms with Gasteiger partial charge in [-0.15, -0.1) is 0 Å². The van der Waals surface area contributed by atoms with Crippen LogP contribution >= 0.6 is 0 Å². The molecule has 0 aliphatic carbocycles. The lowest BCUT2D eigenvalue weighted by atomic mass is 10.1. The fraction of sp³-hybridized carbons (Fsp3) is 0.409. The first kappa shape index (κ1) is 25.9. The highest BCUT2D eigenvalue weighted by Crippen LogP contribution is 2.22.